The molecule has 0 aromatic heterocycles. The molecule has 2 atom stereocenters. The molecular weight excluding hydrogens is 1030 g/mol. The lowest BCUT2D eigenvalue weighted by Gasteiger charge is -2.24. The third-order valence-electron chi connectivity index (χ3n) is 13.8. The molecule has 10 heteroatoms. The molecule has 0 aromatic carbocycles. The van der Waals surface area contributed by atoms with E-state index in [4.69, 9.17) is 18.5 Å². The number of likely N-dealkylation sites (N-methyl/N-ethyl adjacent to an activating group) is 1. The Balaban J connectivity index is 4.12. The third-order valence-corrected chi connectivity index (χ3v) is 14.7. The van der Waals surface area contributed by atoms with Crippen LogP contribution in [0.5, 0.6) is 0 Å². The van der Waals surface area contributed by atoms with Crippen LogP contribution < -0.4 is 0 Å². The Morgan fingerprint density at radius 3 is 1.05 bits per heavy atom. The smallest absolute Gasteiger partial charge is 0.462 e. The first-order valence-electron chi connectivity index (χ1n) is 32.8. The minimum absolute atomic E-state index is 0.0261. The number of quaternary nitrogens is 1. The Labute approximate surface area is 498 Å². The van der Waals surface area contributed by atoms with Crippen molar-refractivity contribution < 1.29 is 42.1 Å². The predicted octanol–water partition coefficient (Wildman–Crippen LogP) is 21.1. The van der Waals surface area contributed by atoms with Crippen LogP contribution in [-0.2, 0) is 32.7 Å². The Bertz CT molecular complexity index is 1780. The fourth-order valence-electron chi connectivity index (χ4n) is 8.75. The van der Waals surface area contributed by atoms with Gasteiger partial charge in [-0.3, -0.25) is 18.6 Å². The summed E-state index contributed by atoms with van der Waals surface area (Å²) in [4.78, 5) is 35.8. The lowest BCUT2D eigenvalue weighted by Crippen LogP contribution is -2.37. The average molecular weight is 1150 g/mol. The lowest BCUT2D eigenvalue weighted by atomic mass is 10.0. The van der Waals surface area contributed by atoms with Crippen LogP contribution in [0.25, 0.3) is 0 Å². The van der Waals surface area contributed by atoms with Crippen molar-refractivity contribution in [2.45, 2.75) is 270 Å². The van der Waals surface area contributed by atoms with Crippen LogP contribution in [0.1, 0.15) is 264 Å². The van der Waals surface area contributed by atoms with Crippen LogP contribution in [0.15, 0.2) is 122 Å². The maximum atomic E-state index is 12.8. The second kappa shape index (κ2) is 61.0. The van der Waals surface area contributed by atoms with Gasteiger partial charge in [0.25, 0.3) is 0 Å². The molecule has 1 N–H and O–H groups in total. The van der Waals surface area contributed by atoms with E-state index in [0.717, 1.165) is 109 Å². The number of rotatable bonds is 59. The van der Waals surface area contributed by atoms with E-state index in [2.05, 4.69) is 135 Å². The number of hydrogen-bond acceptors (Lipinski definition) is 7. The maximum Gasteiger partial charge on any atom is 0.472 e. The number of carbonyl (C=O) groups is 2. The molecule has 0 aliphatic heterocycles. The van der Waals surface area contributed by atoms with Gasteiger partial charge in [-0.25, -0.2) is 4.57 Å². The van der Waals surface area contributed by atoms with Crippen molar-refractivity contribution in [1.82, 2.24) is 0 Å². The highest BCUT2D eigenvalue weighted by atomic mass is 31.2. The number of unbranched alkanes of at least 4 members (excludes halogenated alkanes) is 25. The van der Waals surface area contributed by atoms with Gasteiger partial charge in [0.1, 0.15) is 19.8 Å². The molecule has 0 radical (unpaired) electrons. The van der Waals surface area contributed by atoms with Gasteiger partial charge >= 0.3 is 19.8 Å². The van der Waals surface area contributed by atoms with E-state index in [1.54, 1.807) is 0 Å². The van der Waals surface area contributed by atoms with Crippen molar-refractivity contribution in [1.29, 1.82) is 0 Å². The molecule has 81 heavy (non-hydrogen) atoms. The van der Waals surface area contributed by atoms with Gasteiger partial charge < -0.3 is 18.9 Å². The molecule has 0 saturated heterocycles. The Morgan fingerprint density at radius 1 is 0.395 bits per heavy atom. The summed E-state index contributed by atoms with van der Waals surface area (Å²) >= 11 is 0. The van der Waals surface area contributed by atoms with E-state index in [1.165, 1.54) is 122 Å². The Kier molecular flexibility index (Phi) is 58.3. The zero-order valence-corrected chi connectivity index (χ0v) is 53.6. The Morgan fingerprint density at radius 2 is 0.704 bits per heavy atom. The molecule has 0 bridgehead atoms. The van der Waals surface area contributed by atoms with Crippen LogP contribution in [0.2, 0.25) is 0 Å². The quantitative estimate of drug-likeness (QED) is 0.0211. The molecule has 0 amide bonds. The first-order chi connectivity index (χ1) is 39.5. The number of hydrogen-bond donors (Lipinski definition) is 1. The second-order valence-electron chi connectivity index (χ2n) is 22.8. The monoisotopic (exact) mass is 1150 g/mol. The minimum Gasteiger partial charge on any atom is -0.462 e. The lowest BCUT2D eigenvalue weighted by molar-refractivity contribution is -0.870. The average Bonchev–Trinajstić information content (AvgIpc) is 3.43. The van der Waals surface area contributed by atoms with Crippen LogP contribution in [-0.4, -0.2) is 74.9 Å². The van der Waals surface area contributed by atoms with Gasteiger partial charge in [-0.15, -0.1) is 0 Å². The molecule has 9 nitrogen and oxygen atoms in total. The van der Waals surface area contributed by atoms with E-state index in [1.807, 2.05) is 21.1 Å². The highest BCUT2D eigenvalue weighted by molar-refractivity contribution is 7.47. The molecule has 0 aromatic rings. The number of nitrogens with zero attached hydrogens (tertiary/aromatic N) is 1. The summed E-state index contributed by atoms with van der Waals surface area (Å²) in [5.74, 6) is -0.805. The van der Waals surface area contributed by atoms with Gasteiger partial charge in [-0.2, -0.15) is 0 Å². The third kappa shape index (κ3) is 65.4. The van der Waals surface area contributed by atoms with E-state index in [0.29, 0.717) is 17.4 Å². The molecular formula is C71H123NO8P+. The van der Waals surface area contributed by atoms with Crippen molar-refractivity contribution in [2.75, 3.05) is 47.5 Å². The zero-order valence-electron chi connectivity index (χ0n) is 52.7. The van der Waals surface area contributed by atoms with Crippen LogP contribution >= 0.6 is 7.82 Å². The predicted molar refractivity (Wildman–Crippen MR) is 348 cm³/mol. The van der Waals surface area contributed by atoms with Crippen molar-refractivity contribution in [2.24, 2.45) is 0 Å². The number of ether oxygens (including phenoxy) is 2. The van der Waals surface area contributed by atoms with Gasteiger partial charge in [-0.1, -0.05) is 283 Å². The molecule has 0 heterocycles. The molecule has 464 valence electrons. The summed E-state index contributed by atoms with van der Waals surface area (Å²) in [7, 11) is 1.47. The number of esters is 2. The van der Waals surface area contributed by atoms with E-state index < -0.39 is 26.5 Å². The van der Waals surface area contributed by atoms with Crippen LogP contribution in [0.4, 0.5) is 0 Å². The maximum absolute atomic E-state index is 12.8. The SMILES string of the molecule is CC/C=C\C/C=C\C/C=C\C/C=C\C/C=C\C/C=C\C/C=C\C/C=C\C/C=C\C/C=C\CCCCCCCCCCC(=O)OC(COC(=O)CCCCCCCCCCCCCCCCCCCC)COP(=O)(O)OCC[N+](C)(C)C. The number of phosphoric ester groups is 1. The highest BCUT2D eigenvalue weighted by Crippen LogP contribution is 2.43. The summed E-state index contributed by atoms with van der Waals surface area (Å²) in [6.07, 6.45) is 87.1. The second-order valence-corrected chi connectivity index (χ2v) is 24.2. The first-order valence-corrected chi connectivity index (χ1v) is 34.3. The fraction of sp³-hybridized carbons (Fsp3) is 0.690. The first kappa shape index (κ1) is 77.4. The van der Waals surface area contributed by atoms with Crippen molar-refractivity contribution in [3.63, 3.8) is 0 Å². The summed E-state index contributed by atoms with van der Waals surface area (Å²) in [6, 6.07) is 0. The largest absolute Gasteiger partial charge is 0.472 e. The summed E-state index contributed by atoms with van der Waals surface area (Å²) < 4.78 is 34.6. The topological polar surface area (TPSA) is 108 Å². The van der Waals surface area contributed by atoms with Crippen LogP contribution in [0, 0.1) is 0 Å². The number of allylic oxidation sites excluding steroid dienone is 20. The molecule has 0 spiro atoms. The fourth-order valence-corrected chi connectivity index (χ4v) is 9.49. The molecule has 0 aliphatic carbocycles. The standard InChI is InChI=1S/C71H122NO8P/c1-6-8-10-12-14-16-18-20-22-24-26-27-28-29-30-31-32-33-34-35-36-37-38-39-40-41-42-43-44-45-46-48-50-52-54-56-58-60-62-64-71(74)80-69(68-79-81(75,76)78-66-65-72(3,4)5)67-77-70(73)63-61-59-57-55-53-51-49-47-25-23-21-19-17-15-13-11-9-7-2/h8,10,14,16,20,22,26-27,29-30,32-33,35-36,38-39,41-42,44-45,69H,6-7,9,11-13,15,17-19,21,23-25,28,31,34,37,40,43,46-68H2,1-5H3/p+1/b10-8-,16-14-,22-20-,27-26-,30-29-,33-32-,36-35-,39-38-,42-41-,45-44-. The highest BCUT2D eigenvalue weighted by Gasteiger charge is 2.27. The molecule has 0 fully saturated rings. The van der Waals surface area contributed by atoms with Crippen molar-refractivity contribution in [3.05, 3.63) is 122 Å². The molecule has 0 aliphatic rings. The van der Waals surface area contributed by atoms with Gasteiger partial charge in [0.2, 0.25) is 0 Å². The molecule has 0 saturated carbocycles. The minimum atomic E-state index is -4.40. The summed E-state index contributed by atoms with van der Waals surface area (Å²) in [6.45, 7) is 4.32. The van der Waals surface area contributed by atoms with Gasteiger partial charge in [-0.05, 0) is 89.9 Å². The zero-order chi connectivity index (χ0) is 59.1. The van der Waals surface area contributed by atoms with Crippen molar-refractivity contribution >= 4 is 19.8 Å². The van der Waals surface area contributed by atoms with Crippen LogP contribution in [0.3, 0.4) is 0 Å². The van der Waals surface area contributed by atoms with Gasteiger partial charge in [0.15, 0.2) is 6.10 Å². The van der Waals surface area contributed by atoms with E-state index in [9.17, 15) is 19.0 Å². The molecule has 2 unspecified atom stereocenters. The number of phosphoric acid groups is 1. The summed E-state index contributed by atoms with van der Waals surface area (Å²) in [5.41, 5.74) is 0. The van der Waals surface area contributed by atoms with Crippen molar-refractivity contribution in [3.8, 4) is 0 Å². The normalized spacial score (nSPS) is 14.0. The van der Waals surface area contributed by atoms with E-state index in [-0.39, 0.29) is 32.0 Å². The molecule has 0 rings (SSSR count). The van der Waals surface area contributed by atoms with Gasteiger partial charge in [0, 0.05) is 12.8 Å². The van der Waals surface area contributed by atoms with E-state index >= 15 is 0 Å². The number of carbonyl (C=O) groups excluding carboxylic acids is 2. The Hall–Kier alpha value is -3.59. The van der Waals surface area contributed by atoms with Gasteiger partial charge in [0.05, 0.1) is 27.7 Å². The summed E-state index contributed by atoms with van der Waals surface area (Å²) in [5, 5.41) is 0.